The van der Waals surface area contributed by atoms with E-state index >= 15 is 0 Å². The fourth-order valence-corrected chi connectivity index (χ4v) is 1.21. The van der Waals surface area contributed by atoms with E-state index in [0.29, 0.717) is 5.69 Å². The molecule has 2 N–H and O–H groups in total. The summed E-state index contributed by atoms with van der Waals surface area (Å²) in [6.07, 6.45) is 0. The van der Waals surface area contributed by atoms with Gasteiger partial charge in [-0.05, 0) is 18.2 Å². The van der Waals surface area contributed by atoms with Crippen LogP contribution in [0.2, 0.25) is 0 Å². The second-order valence-corrected chi connectivity index (χ2v) is 3.22. The van der Waals surface area contributed by atoms with Crippen molar-refractivity contribution in [1.29, 1.82) is 0 Å². The predicted octanol–water partition coefficient (Wildman–Crippen LogP) is 1.04. The van der Waals surface area contributed by atoms with Crippen molar-refractivity contribution in [2.45, 2.75) is 0 Å². The van der Waals surface area contributed by atoms with Crippen molar-refractivity contribution in [2.75, 3.05) is 18.5 Å². The van der Waals surface area contributed by atoms with E-state index in [-0.39, 0.29) is 6.54 Å². The first-order valence-electron chi connectivity index (χ1n) is 4.37. The van der Waals surface area contributed by atoms with Crippen LogP contribution in [0, 0.1) is 5.82 Å². The van der Waals surface area contributed by atoms with Gasteiger partial charge in [-0.1, -0.05) is 0 Å². The molecule has 6 heteroatoms. The number of carbonyl (C=O) groups is 2. The number of anilines is 1. The molecule has 0 unspecified atom stereocenters. The Morgan fingerprint density at radius 2 is 2.00 bits per heavy atom. The van der Waals surface area contributed by atoms with Gasteiger partial charge in [-0.15, -0.1) is 0 Å². The Morgan fingerprint density at radius 3 is 2.50 bits per heavy atom. The smallest absolute Gasteiger partial charge is 0.338 e. The summed E-state index contributed by atoms with van der Waals surface area (Å²) in [6.45, 7) is -0.287. The zero-order valence-corrected chi connectivity index (χ0v) is 8.48. The molecular formula is C10H10FNO4. The van der Waals surface area contributed by atoms with Crippen LogP contribution in [0.3, 0.4) is 0 Å². The minimum atomic E-state index is -1.39. The third-order valence-electron chi connectivity index (χ3n) is 1.99. The molecule has 0 spiro atoms. The van der Waals surface area contributed by atoms with Crippen molar-refractivity contribution < 1.29 is 24.2 Å². The van der Waals surface area contributed by atoms with Crippen LogP contribution in [0.25, 0.3) is 0 Å². The Bertz CT molecular complexity index is 433. The van der Waals surface area contributed by atoms with Gasteiger partial charge in [0.1, 0.15) is 12.4 Å². The minimum absolute atomic E-state index is 0.287. The van der Waals surface area contributed by atoms with Crippen LogP contribution in [0.4, 0.5) is 10.1 Å². The quantitative estimate of drug-likeness (QED) is 0.803. The maximum absolute atomic E-state index is 13.0. The van der Waals surface area contributed by atoms with Crippen LogP contribution in [0.5, 0.6) is 0 Å². The molecule has 0 bridgehead atoms. The molecule has 0 radical (unpaired) electrons. The summed E-state index contributed by atoms with van der Waals surface area (Å²) in [5, 5.41) is 17.2. The molecule has 0 amide bonds. The lowest BCUT2D eigenvalue weighted by Gasteiger charge is -2.17. The third kappa shape index (κ3) is 2.69. The third-order valence-corrected chi connectivity index (χ3v) is 1.99. The van der Waals surface area contributed by atoms with Gasteiger partial charge >= 0.3 is 11.9 Å². The minimum Gasteiger partial charge on any atom is -0.480 e. The molecule has 0 aliphatic carbocycles. The monoisotopic (exact) mass is 227 g/mol. The fraction of sp³-hybridized carbons (Fsp3) is 0.200. The highest BCUT2D eigenvalue weighted by Gasteiger charge is 2.13. The number of hydrogen-bond acceptors (Lipinski definition) is 3. The highest BCUT2D eigenvalue weighted by Crippen LogP contribution is 2.17. The van der Waals surface area contributed by atoms with Crippen molar-refractivity contribution >= 4 is 17.6 Å². The number of nitrogens with zero attached hydrogens (tertiary/aromatic N) is 1. The summed E-state index contributed by atoms with van der Waals surface area (Å²) in [7, 11) is 1.48. The molecule has 0 heterocycles. The molecule has 0 aliphatic rings. The van der Waals surface area contributed by atoms with Gasteiger partial charge < -0.3 is 15.1 Å². The predicted molar refractivity (Wildman–Crippen MR) is 54.3 cm³/mol. The molecule has 0 atom stereocenters. The molecule has 5 nitrogen and oxygen atoms in total. The first-order valence-corrected chi connectivity index (χ1v) is 4.37. The number of rotatable bonds is 4. The van der Waals surface area contributed by atoms with Gasteiger partial charge in [0.15, 0.2) is 0 Å². The number of likely N-dealkylation sites (N-methyl/N-ethyl adjacent to an activating group) is 1. The van der Waals surface area contributed by atoms with Gasteiger partial charge in [0.2, 0.25) is 0 Å². The molecule has 86 valence electrons. The molecule has 0 saturated heterocycles. The molecule has 1 aromatic carbocycles. The summed E-state index contributed by atoms with van der Waals surface area (Å²) in [5.41, 5.74) is -0.143. The first kappa shape index (κ1) is 12.0. The van der Waals surface area contributed by atoms with E-state index in [2.05, 4.69) is 0 Å². The van der Waals surface area contributed by atoms with Crippen molar-refractivity contribution in [3.63, 3.8) is 0 Å². The van der Waals surface area contributed by atoms with Gasteiger partial charge in [0, 0.05) is 12.7 Å². The second-order valence-electron chi connectivity index (χ2n) is 3.22. The van der Waals surface area contributed by atoms with E-state index in [1.54, 1.807) is 0 Å². The Kier molecular flexibility index (Phi) is 3.44. The maximum Gasteiger partial charge on any atom is 0.338 e. The highest BCUT2D eigenvalue weighted by molar-refractivity contribution is 5.89. The van der Waals surface area contributed by atoms with Gasteiger partial charge in [0.05, 0.1) is 5.56 Å². The first-order chi connectivity index (χ1) is 7.41. The van der Waals surface area contributed by atoms with Crippen molar-refractivity contribution in [3.8, 4) is 0 Å². The number of benzene rings is 1. The molecule has 0 saturated carbocycles. The number of aromatic carboxylic acids is 1. The van der Waals surface area contributed by atoms with E-state index < -0.39 is 23.3 Å². The summed E-state index contributed by atoms with van der Waals surface area (Å²) in [6, 6.07) is 3.42. The fourth-order valence-electron chi connectivity index (χ4n) is 1.21. The molecule has 1 aromatic rings. The number of halogens is 1. The number of carboxylic acid groups (broad SMARTS) is 2. The Morgan fingerprint density at radius 1 is 1.38 bits per heavy atom. The van der Waals surface area contributed by atoms with Crippen LogP contribution >= 0.6 is 0 Å². The van der Waals surface area contributed by atoms with Gasteiger partial charge in [0.25, 0.3) is 0 Å². The summed E-state index contributed by atoms with van der Waals surface area (Å²) in [5.74, 6) is -3.29. The summed E-state index contributed by atoms with van der Waals surface area (Å²) in [4.78, 5) is 22.4. The Labute approximate surface area is 90.7 Å². The van der Waals surface area contributed by atoms with Gasteiger partial charge in [-0.2, -0.15) is 0 Å². The van der Waals surface area contributed by atoms with Crippen LogP contribution in [-0.4, -0.2) is 35.7 Å². The number of carboxylic acids is 2. The van der Waals surface area contributed by atoms with E-state index in [4.69, 9.17) is 10.2 Å². The standard InChI is InChI=1S/C10H10FNO4/c1-12(5-9(13)14)6-2-3-8(11)7(4-6)10(15)16/h2-4H,5H2,1H3,(H,13,14)(H,15,16). The maximum atomic E-state index is 13.0. The van der Waals surface area contributed by atoms with E-state index in [1.165, 1.54) is 18.0 Å². The van der Waals surface area contributed by atoms with Gasteiger partial charge in [-0.25, -0.2) is 9.18 Å². The average Bonchev–Trinajstić information content (AvgIpc) is 2.16. The SMILES string of the molecule is CN(CC(=O)O)c1ccc(F)c(C(=O)O)c1. The average molecular weight is 227 g/mol. The zero-order chi connectivity index (χ0) is 12.3. The van der Waals surface area contributed by atoms with Crippen LogP contribution in [0.1, 0.15) is 10.4 Å². The lowest BCUT2D eigenvalue weighted by Crippen LogP contribution is -2.25. The van der Waals surface area contributed by atoms with Crippen LogP contribution < -0.4 is 4.90 Å². The Balaban J connectivity index is 3.02. The lowest BCUT2D eigenvalue weighted by molar-refractivity contribution is -0.135. The zero-order valence-electron chi connectivity index (χ0n) is 8.48. The van der Waals surface area contributed by atoms with E-state index in [0.717, 1.165) is 12.1 Å². The largest absolute Gasteiger partial charge is 0.480 e. The summed E-state index contributed by atoms with van der Waals surface area (Å²) < 4.78 is 13.0. The van der Waals surface area contributed by atoms with Crippen LogP contribution in [0.15, 0.2) is 18.2 Å². The van der Waals surface area contributed by atoms with Crippen LogP contribution in [-0.2, 0) is 4.79 Å². The van der Waals surface area contributed by atoms with E-state index in [1.807, 2.05) is 0 Å². The van der Waals surface area contributed by atoms with Crippen molar-refractivity contribution in [3.05, 3.63) is 29.6 Å². The van der Waals surface area contributed by atoms with Crippen molar-refractivity contribution in [1.82, 2.24) is 0 Å². The van der Waals surface area contributed by atoms with Gasteiger partial charge in [-0.3, -0.25) is 4.79 Å². The molecular weight excluding hydrogens is 217 g/mol. The molecule has 0 aliphatic heterocycles. The lowest BCUT2D eigenvalue weighted by atomic mass is 10.2. The highest BCUT2D eigenvalue weighted by atomic mass is 19.1. The Hall–Kier alpha value is -2.11. The number of aliphatic carboxylic acids is 1. The molecule has 0 fully saturated rings. The molecule has 0 aromatic heterocycles. The number of hydrogen-bond donors (Lipinski definition) is 2. The molecule has 16 heavy (non-hydrogen) atoms. The summed E-state index contributed by atoms with van der Waals surface area (Å²) >= 11 is 0. The second kappa shape index (κ2) is 4.61. The topological polar surface area (TPSA) is 77.8 Å². The molecule has 1 rings (SSSR count). The van der Waals surface area contributed by atoms with E-state index in [9.17, 15) is 14.0 Å². The van der Waals surface area contributed by atoms with Crippen molar-refractivity contribution in [2.24, 2.45) is 0 Å². The normalized spacial score (nSPS) is 9.88.